The lowest BCUT2D eigenvalue weighted by Crippen LogP contribution is -2.17. The van der Waals surface area contributed by atoms with Gasteiger partial charge in [0.25, 0.3) is 5.91 Å². The van der Waals surface area contributed by atoms with Crippen LogP contribution in [0.4, 0.5) is 0 Å². The van der Waals surface area contributed by atoms with E-state index in [0.29, 0.717) is 12.2 Å². The molecule has 0 aliphatic rings. The fourth-order valence-electron chi connectivity index (χ4n) is 3.27. The summed E-state index contributed by atoms with van der Waals surface area (Å²) in [7, 11) is 0. The smallest absolute Gasteiger partial charge is 0.271 e. The Labute approximate surface area is 166 Å². The fraction of sp³-hybridized carbons (Fsp3) is 0.304. The van der Waals surface area contributed by atoms with Gasteiger partial charge in [0.2, 0.25) is 0 Å². The average molecular weight is 377 g/mol. The molecule has 0 spiro atoms. The highest BCUT2D eigenvalue weighted by atomic mass is 16.5. The zero-order chi connectivity index (χ0) is 19.9. The zero-order valence-corrected chi connectivity index (χ0v) is 16.7. The molecule has 3 rings (SSSR count). The van der Waals surface area contributed by atoms with Gasteiger partial charge in [0.15, 0.2) is 0 Å². The van der Waals surface area contributed by atoms with Gasteiger partial charge in [-0.25, -0.2) is 5.43 Å². The van der Waals surface area contributed by atoms with E-state index in [1.54, 1.807) is 30.5 Å². The summed E-state index contributed by atoms with van der Waals surface area (Å²) in [5.41, 5.74) is 6.55. The largest absolute Gasteiger partial charge is 0.494 e. The number of carbonyl (C=O) groups excluding carboxylic acids is 1. The molecule has 0 saturated carbocycles. The Balaban J connectivity index is 1.74. The van der Waals surface area contributed by atoms with E-state index in [-0.39, 0.29) is 5.91 Å². The van der Waals surface area contributed by atoms with E-state index in [4.69, 9.17) is 4.74 Å². The first kappa shape index (κ1) is 19.7. The van der Waals surface area contributed by atoms with Crippen LogP contribution in [-0.4, -0.2) is 23.3 Å². The second kappa shape index (κ2) is 9.22. The SMILES string of the molecule is CCCOc1ccc(C(=O)N/N=C/c2c(C)n(CCC)c3ccccc23)cc1. The molecule has 1 N–H and O–H groups in total. The number of para-hydroxylation sites is 1. The molecule has 28 heavy (non-hydrogen) atoms. The van der Waals surface area contributed by atoms with Crippen LogP contribution in [0.1, 0.15) is 48.3 Å². The van der Waals surface area contributed by atoms with Crippen molar-refractivity contribution in [2.24, 2.45) is 5.10 Å². The van der Waals surface area contributed by atoms with Gasteiger partial charge in [0.05, 0.1) is 12.8 Å². The molecule has 0 saturated heterocycles. The van der Waals surface area contributed by atoms with Crippen molar-refractivity contribution < 1.29 is 9.53 Å². The molecule has 146 valence electrons. The maximum absolute atomic E-state index is 12.3. The van der Waals surface area contributed by atoms with Crippen LogP contribution >= 0.6 is 0 Å². The van der Waals surface area contributed by atoms with E-state index < -0.39 is 0 Å². The first-order chi connectivity index (χ1) is 13.7. The van der Waals surface area contributed by atoms with Gasteiger partial charge in [-0.3, -0.25) is 4.79 Å². The van der Waals surface area contributed by atoms with Gasteiger partial charge < -0.3 is 9.30 Å². The first-order valence-electron chi connectivity index (χ1n) is 9.79. The summed E-state index contributed by atoms with van der Waals surface area (Å²) in [6.45, 7) is 7.94. The molecule has 3 aromatic rings. The molecule has 0 bridgehead atoms. The van der Waals surface area contributed by atoms with Crippen molar-refractivity contribution in [3.05, 3.63) is 65.4 Å². The minimum Gasteiger partial charge on any atom is -0.494 e. The highest BCUT2D eigenvalue weighted by Gasteiger charge is 2.12. The van der Waals surface area contributed by atoms with Gasteiger partial charge in [0, 0.05) is 34.3 Å². The molecule has 0 radical (unpaired) electrons. The van der Waals surface area contributed by atoms with Gasteiger partial charge in [-0.05, 0) is 50.1 Å². The number of ether oxygens (including phenoxy) is 1. The van der Waals surface area contributed by atoms with Crippen LogP contribution < -0.4 is 10.2 Å². The van der Waals surface area contributed by atoms with Gasteiger partial charge in [-0.1, -0.05) is 32.0 Å². The molecule has 1 amide bonds. The third-order valence-corrected chi connectivity index (χ3v) is 4.68. The Morgan fingerprint density at radius 3 is 2.57 bits per heavy atom. The molecule has 0 unspecified atom stereocenters. The topological polar surface area (TPSA) is 55.6 Å². The molecule has 1 aromatic heterocycles. The summed E-state index contributed by atoms with van der Waals surface area (Å²) in [4.78, 5) is 12.3. The predicted octanol–water partition coefficient (Wildman–Crippen LogP) is 4.91. The van der Waals surface area contributed by atoms with Crippen molar-refractivity contribution in [3.8, 4) is 5.75 Å². The Bertz CT molecular complexity index is 971. The van der Waals surface area contributed by atoms with Crippen LogP contribution in [0.15, 0.2) is 53.6 Å². The highest BCUT2D eigenvalue weighted by molar-refractivity contribution is 6.02. The van der Waals surface area contributed by atoms with Crippen LogP contribution in [0.2, 0.25) is 0 Å². The van der Waals surface area contributed by atoms with E-state index in [9.17, 15) is 4.79 Å². The number of hydrogen-bond donors (Lipinski definition) is 1. The number of amides is 1. The summed E-state index contributed by atoms with van der Waals surface area (Å²) >= 11 is 0. The third-order valence-electron chi connectivity index (χ3n) is 4.68. The average Bonchev–Trinajstić information content (AvgIpc) is 2.99. The number of carbonyl (C=O) groups is 1. The summed E-state index contributed by atoms with van der Waals surface area (Å²) < 4.78 is 7.84. The van der Waals surface area contributed by atoms with Crippen LogP contribution in [0.25, 0.3) is 10.9 Å². The Morgan fingerprint density at radius 2 is 1.86 bits per heavy atom. The maximum atomic E-state index is 12.3. The molecular formula is C23H27N3O2. The lowest BCUT2D eigenvalue weighted by Gasteiger charge is -2.06. The van der Waals surface area contributed by atoms with E-state index in [1.165, 1.54) is 5.52 Å². The molecule has 0 atom stereocenters. The quantitative estimate of drug-likeness (QED) is 0.448. The molecule has 5 heteroatoms. The monoisotopic (exact) mass is 377 g/mol. The van der Waals surface area contributed by atoms with Gasteiger partial charge in [-0.2, -0.15) is 5.10 Å². The lowest BCUT2D eigenvalue weighted by molar-refractivity contribution is 0.0955. The van der Waals surface area contributed by atoms with Gasteiger partial charge >= 0.3 is 0 Å². The molecule has 0 aliphatic carbocycles. The summed E-state index contributed by atoms with van der Waals surface area (Å²) in [5, 5.41) is 5.35. The molecule has 1 heterocycles. The van der Waals surface area contributed by atoms with Crippen molar-refractivity contribution in [3.63, 3.8) is 0 Å². The normalized spacial score (nSPS) is 11.2. The summed E-state index contributed by atoms with van der Waals surface area (Å²) in [5.74, 6) is 0.523. The number of hydrazone groups is 1. The summed E-state index contributed by atoms with van der Waals surface area (Å²) in [6.07, 6.45) is 3.75. The van der Waals surface area contributed by atoms with Gasteiger partial charge in [-0.15, -0.1) is 0 Å². The second-order valence-electron chi connectivity index (χ2n) is 6.74. The Hall–Kier alpha value is -3.08. The number of rotatable bonds is 8. The van der Waals surface area contributed by atoms with Crippen LogP contribution in [0.3, 0.4) is 0 Å². The van der Waals surface area contributed by atoms with Crippen molar-refractivity contribution in [1.29, 1.82) is 0 Å². The minimum atomic E-state index is -0.242. The number of benzene rings is 2. The number of nitrogens with one attached hydrogen (secondary N) is 1. The molecule has 0 fully saturated rings. The number of aryl methyl sites for hydroxylation is 1. The minimum absolute atomic E-state index is 0.242. The molecule has 0 aliphatic heterocycles. The van der Waals surface area contributed by atoms with Crippen LogP contribution in [0, 0.1) is 6.92 Å². The van der Waals surface area contributed by atoms with E-state index in [0.717, 1.165) is 41.8 Å². The zero-order valence-electron chi connectivity index (χ0n) is 16.7. The van der Waals surface area contributed by atoms with E-state index >= 15 is 0 Å². The van der Waals surface area contributed by atoms with Crippen LogP contribution in [-0.2, 0) is 6.54 Å². The van der Waals surface area contributed by atoms with Crippen molar-refractivity contribution in [1.82, 2.24) is 9.99 Å². The molecule has 5 nitrogen and oxygen atoms in total. The van der Waals surface area contributed by atoms with Crippen molar-refractivity contribution in [2.45, 2.75) is 40.2 Å². The van der Waals surface area contributed by atoms with Gasteiger partial charge in [0.1, 0.15) is 5.75 Å². The molecular weight excluding hydrogens is 350 g/mol. The van der Waals surface area contributed by atoms with Crippen LogP contribution in [0.5, 0.6) is 5.75 Å². The van der Waals surface area contributed by atoms with Crippen molar-refractivity contribution in [2.75, 3.05) is 6.61 Å². The number of fused-ring (bicyclic) bond motifs is 1. The lowest BCUT2D eigenvalue weighted by atomic mass is 10.1. The Kier molecular flexibility index (Phi) is 6.48. The maximum Gasteiger partial charge on any atom is 0.271 e. The standard InChI is InChI=1S/C23H27N3O2/c1-4-14-26-17(3)21(20-8-6-7-9-22(20)26)16-24-25-23(27)18-10-12-19(13-11-18)28-15-5-2/h6-13,16H,4-5,14-15H2,1-3H3,(H,25,27)/b24-16+. The fourth-order valence-corrected chi connectivity index (χ4v) is 3.27. The number of hydrogen-bond acceptors (Lipinski definition) is 3. The van der Waals surface area contributed by atoms with E-state index in [2.05, 4.69) is 48.0 Å². The molecule has 2 aromatic carbocycles. The van der Waals surface area contributed by atoms with E-state index in [1.807, 2.05) is 12.1 Å². The van der Waals surface area contributed by atoms with Crippen molar-refractivity contribution >= 4 is 23.0 Å². The Morgan fingerprint density at radius 1 is 1.11 bits per heavy atom. The number of nitrogens with zero attached hydrogens (tertiary/aromatic N) is 2. The number of aromatic nitrogens is 1. The first-order valence-corrected chi connectivity index (χ1v) is 9.79. The second-order valence-corrected chi connectivity index (χ2v) is 6.74. The predicted molar refractivity (Wildman–Crippen MR) is 114 cm³/mol. The summed E-state index contributed by atoms with van der Waals surface area (Å²) in [6, 6.07) is 15.4. The third kappa shape index (κ3) is 4.25. The highest BCUT2D eigenvalue weighted by Crippen LogP contribution is 2.24.